The van der Waals surface area contributed by atoms with Gasteiger partial charge in [-0.15, -0.1) is 0 Å². The lowest BCUT2D eigenvalue weighted by Gasteiger charge is -2.18. The van der Waals surface area contributed by atoms with Crippen LogP contribution in [0.1, 0.15) is 25.8 Å². The lowest BCUT2D eigenvalue weighted by molar-refractivity contribution is -0.143. The van der Waals surface area contributed by atoms with Gasteiger partial charge in [0.05, 0.1) is 6.61 Å². The number of sulfonamides is 1. The summed E-state index contributed by atoms with van der Waals surface area (Å²) in [7, 11) is -3.69. The summed E-state index contributed by atoms with van der Waals surface area (Å²) < 4.78 is 30.5. The van der Waals surface area contributed by atoms with Crippen molar-refractivity contribution in [2.45, 2.75) is 20.3 Å². The monoisotopic (exact) mass is 345 g/mol. The van der Waals surface area contributed by atoms with E-state index in [4.69, 9.17) is 16.3 Å². The van der Waals surface area contributed by atoms with Crippen molar-refractivity contribution in [1.82, 2.24) is 4.31 Å². The highest BCUT2D eigenvalue weighted by Gasteiger charge is 2.21. The van der Waals surface area contributed by atoms with Crippen LogP contribution in [0, 0.1) is 0 Å². The van der Waals surface area contributed by atoms with Crippen molar-refractivity contribution in [2.75, 3.05) is 19.7 Å². The standard InChI is InChI=1S/C15H20ClNO4S/c1-3-10-17(12-15(18)21-4-2)22(19,20)11-9-13-5-7-14(16)8-6-13/h5-9,11H,3-4,10,12H2,1-2H3. The van der Waals surface area contributed by atoms with Crippen molar-refractivity contribution in [2.24, 2.45) is 0 Å². The smallest absolute Gasteiger partial charge is 0.321 e. The maximum atomic E-state index is 12.3. The van der Waals surface area contributed by atoms with Crippen LogP contribution in [0.4, 0.5) is 0 Å². The van der Waals surface area contributed by atoms with Gasteiger partial charge in [0.25, 0.3) is 0 Å². The fraction of sp³-hybridized carbons (Fsp3) is 0.400. The zero-order valence-electron chi connectivity index (χ0n) is 12.7. The topological polar surface area (TPSA) is 63.7 Å². The van der Waals surface area contributed by atoms with Gasteiger partial charge in [0.1, 0.15) is 6.54 Å². The van der Waals surface area contributed by atoms with Gasteiger partial charge < -0.3 is 4.74 Å². The van der Waals surface area contributed by atoms with E-state index in [1.807, 2.05) is 6.92 Å². The molecule has 0 saturated heterocycles. The Kier molecular flexibility index (Phi) is 7.58. The summed E-state index contributed by atoms with van der Waals surface area (Å²) in [4.78, 5) is 11.5. The van der Waals surface area contributed by atoms with Gasteiger partial charge in [0.15, 0.2) is 0 Å². The first-order valence-corrected chi connectivity index (χ1v) is 8.86. The third-order valence-corrected chi connectivity index (χ3v) is 4.51. The van der Waals surface area contributed by atoms with Gasteiger partial charge in [-0.05, 0) is 37.1 Å². The van der Waals surface area contributed by atoms with Gasteiger partial charge in [-0.25, -0.2) is 8.42 Å². The van der Waals surface area contributed by atoms with Gasteiger partial charge in [-0.2, -0.15) is 4.31 Å². The first-order chi connectivity index (χ1) is 10.4. The summed E-state index contributed by atoms with van der Waals surface area (Å²) in [5.41, 5.74) is 0.709. The molecule has 1 rings (SSSR count). The molecule has 0 fully saturated rings. The molecule has 22 heavy (non-hydrogen) atoms. The molecule has 0 spiro atoms. The lowest BCUT2D eigenvalue weighted by Crippen LogP contribution is -2.35. The Labute approximate surface area is 136 Å². The molecule has 5 nitrogen and oxygen atoms in total. The molecule has 0 aliphatic rings. The van der Waals surface area contributed by atoms with E-state index < -0.39 is 16.0 Å². The molecule has 0 atom stereocenters. The van der Waals surface area contributed by atoms with Crippen molar-refractivity contribution in [3.8, 4) is 0 Å². The van der Waals surface area contributed by atoms with Crippen LogP contribution in [0.15, 0.2) is 29.7 Å². The molecule has 0 N–H and O–H groups in total. The zero-order valence-corrected chi connectivity index (χ0v) is 14.2. The molecule has 7 heteroatoms. The highest BCUT2D eigenvalue weighted by atomic mass is 35.5. The van der Waals surface area contributed by atoms with Gasteiger partial charge in [0, 0.05) is 17.0 Å². The van der Waals surface area contributed by atoms with Crippen LogP contribution in [0.5, 0.6) is 0 Å². The molecular weight excluding hydrogens is 326 g/mol. The lowest BCUT2D eigenvalue weighted by atomic mass is 10.2. The van der Waals surface area contributed by atoms with Gasteiger partial charge in [-0.3, -0.25) is 4.79 Å². The first-order valence-electron chi connectivity index (χ1n) is 6.98. The minimum absolute atomic E-state index is 0.222. The summed E-state index contributed by atoms with van der Waals surface area (Å²) in [6.45, 7) is 3.72. The van der Waals surface area contributed by atoms with E-state index >= 15 is 0 Å². The highest BCUT2D eigenvalue weighted by molar-refractivity contribution is 7.92. The number of carbonyl (C=O) groups excluding carboxylic acids is 1. The van der Waals surface area contributed by atoms with Crippen molar-refractivity contribution < 1.29 is 17.9 Å². The second-order valence-corrected chi connectivity index (χ2v) is 6.79. The second-order valence-electron chi connectivity index (χ2n) is 4.54. The van der Waals surface area contributed by atoms with E-state index in [9.17, 15) is 13.2 Å². The van der Waals surface area contributed by atoms with E-state index in [0.717, 1.165) is 9.71 Å². The normalized spacial score (nSPS) is 12.0. The average Bonchev–Trinajstić information content (AvgIpc) is 2.46. The zero-order chi connectivity index (χ0) is 16.6. The van der Waals surface area contributed by atoms with E-state index in [1.54, 1.807) is 31.2 Å². The van der Waals surface area contributed by atoms with Crippen molar-refractivity contribution in [1.29, 1.82) is 0 Å². The highest BCUT2D eigenvalue weighted by Crippen LogP contribution is 2.13. The number of nitrogens with zero attached hydrogens (tertiary/aromatic N) is 1. The van der Waals surface area contributed by atoms with Crippen LogP contribution < -0.4 is 0 Å². The molecule has 0 saturated carbocycles. The molecule has 122 valence electrons. The molecule has 0 aliphatic heterocycles. The molecule has 0 heterocycles. The van der Waals surface area contributed by atoms with Crippen LogP contribution in [0.3, 0.4) is 0 Å². The fourth-order valence-corrected chi connectivity index (χ4v) is 3.07. The number of benzene rings is 1. The minimum atomic E-state index is -3.69. The van der Waals surface area contributed by atoms with E-state index in [2.05, 4.69) is 0 Å². The Bertz CT molecular complexity index is 611. The predicted octanol–water partition coefficient (Wildman–Crippen LogP) is 2.92. The van der Waals surface area contributed by atoms with Crippen molar-refractivity contribution >= 4 is 33.7 Å². The van der Waals surface area contributed by atoms with Gasteiger partial charge in [-0.1, -0.05) is 30.7 Å². The number of halogens is 1. The summed E-state index contributed by atoms with van der Waals surface area (Å²) >= 11 is 5.78. The largest absolute Gasteiger partial charge is 0.465 e. The third kappa shape index (κ3) is 6.17. The number of carbonyl (C=O) groups is 1. The average molecular weight is 346 g/mol. The van der Waals surface area contributed by atoms with Crippen LogP contribution in [-0.2, 0) is 19.6 Å². The third-order valence-electron chi connectivity index (χ3n) is 2.75. The molecule has 0 aromatic heterocycles. The number of hydrogen-bond acceptors (Lipinski definition) is 4. The molecule has 0 radical (unpaired) electrons. The van der Waals surface area contributed by atoms with E-state index in [1.165, 1.54) is 6.08 Å². The molecule has 0 unspecified atom stereocenters. The van der Waals surface area contributed by atoms with E-state index in [-0.39, 0.29) is 19.7 Å². The Morgan fingerprint density at radius 3 is 2.45 bits per heavy atom. The summed E-state index contributed by atoms with van der Waals surface area (Å²) in [5.74, 6) is -0.556. The van der Waals surface area contributed by atoms with Crippen LogP contribution in [-0.4, -0.2) is 38.4 Å². The number of hydrogen-bond donors (Lipinski definition) is 0. The van der Waals surface area contributed by atoms with Gasteiger partial charge in [0.2, 0.25) is 10.0 Å². The van der Waals surface area contributed by atoms with Gasteiger partial charge >= 0.3 is 5.97 Å². The maximum absolute atomic E-state index is 12.3. The van der Waals surface area contributed by atoms with Crippen molar-refractivity contribution in [3.63, 3.8) is 0 Å². The van der Waals surface area contributed by atoms with Crippen LogP contribution in [0.2, 0.25) is 5.02 Å². The summed E-state index contributed by atoms with van der Waals surface area (Å²) in [5, 5.41) is 1.67. The predicted molar refractivity (Wildman–Crippen MR) is 87.9 cm³/mol. The second kappa shape index (κ2) is 8.92. The summed E-state index contributed by atoms with van der Waals surface area (Å²) in [6, 6.07) is 6.78. The molecule has 1 aromatic rings. The number of ether oxygens (including phenoxy) is 1. The molecule has 0 aliphatic carbocycles. The van der Waals surface area contributed by atoms with Crippen LogP contribution >= 0.6 is 11.6 Å². The summed E-state index contributed by atoms with van der Waals surface area (Å²) in [6.07, 6.45) is 2.08. The maximum Gasteiger partial charge on any atom is 0.321 e. The molecule has 0 amide bonds. The van der Waals surface area contributed by atoms with E-state index in [0.29, 0.717) is 17.0 Å². The van der Waals surface area contributed by atoms with Crippen LogP contribution in [0.25, 0.3) is 6.08 Å². The number of rotatable bonds is 8. The number of esters is 1. The van der Waals surface area contributed by atoms with Crippen molar-refractivity contribution in [3.05, 3.63) is 40.3 Å². The minimum Gasteiger partial charge on any atom is -0.465 e. The molecule has 1 aromatic carbocycles. The first kappa shape index (κ1) is 18.7. The Balaban J connectivity index is 2.86. The Morgan fingerprint density at radius 1 is 1.27 bits per heavy atom. The Morgan fingerprint density at radius 2 is 1.91 bits per heavy atom. The molecule has 0 bridgehead atoms. The SMILES string of the molecule is CCCN(CC(=O)OCC)S(=O)(=O)C=Cc1ccc(Cl)cc1. The Hall–Kier alpha value is -1.37. The fourth-order valence-electron chi connectivity index (χ4n) is 1.72. The quantitative estimate of drug-likeness (QED) is 0.679. The molecular formula is C15H20ClNO4S.